The topological polar surface area (TPSA) is 64.8 Å². The van der Waals surface area contributed by atoms with E-state index < -0.39 is 0 Å². The molecule has 0 radical (unpaired) electrons. The van der Waals surface area contributed by atoms with E-state index in [4.69, 9.17) is 0 Å². The first-order valence-electron chi connectivity index (χ1n) is 8.53. The molecule has 1 aliphatic heterocycles. The van der Waals surface area contributed by atoms with Crippen LogP contribution >= 0.6 is 11.8 Å². The predicted molar refractivity (Wildman–Crippen MR) is 103 cm³/mol. The lowest BCUT2D eigenvalue weighted by molar-refractivity contribution is 0.720. The lowest BCUT2D eigenvalue weighted by atomic mass is 10.2. The molecule has 0 saturated carbocycles. The summed E-state index contributed by atoms with van der Waals surface area (Å²) >= 11 is 1.57. The summed E-state index contributed by atoms with van der Waals surface area (Å²) in [6.07, 6.45) is 3.81. The van der Waals surface area contributed by atoms with Crippen LogP contribution in [0.1, 0.15) is 32.4 Å². The highest BCUT2D eigenvalue weighted by Gasteiger charge is 2.21. The van der Waals surface area contributed by atoms with Gasteiger partial charge in [-0.1, -0.05) is 37.7 Å². The third kappa shape index (κ3) is 3.77. The van der Waals surface area contributed by atoms with Crippen LogP contribution in [0.3, 0.4) is 0 Å². The molecule has 1 aromatic carbocycles. The lowest BCUT2D eigenvalue weighted by Gasteiger charge is -2.21. The molecule has 0 unspecified atom stereocenters. The summed E-state index contributed by atoms with van der Waals surface area (Å²) in [5, 5.41) is 13.9. The molecule has 0 saturated heterocycles. The van der Waals surface area contributed by atoms with Crippen LogP contribution < -0.4 is 10.2 Å². The Morgan fingerprint density at radius 3 is 2.64 bits per heavy atom. The molecule has 128 valence electrons. The molecule has 1 aromatic heterocycles. The maximum Gasteiger partial charge on any atom is 0.225 e. The van der Waals surface area contributed by atoms with Gasteiger partial charge in [0.25, 0.3) is 0 Å². The van der Waals surface area contributed by atoms with Crippen molar-refractivity contribution in [3.8, 4) is 6.07 Å². The zero-order valence-electron chi connectivity index (χ0n) is 14.5. The van der Waals surface area contributed by atoms with E-state index in [1.165, 1.54) is 0 Å². The Morgan fingerprint density at radius 1 is 1.20 bits per heavy atom. The number of anilines is 2. The van der Waals surface area contributed by atoms with Gasteiger partial charge < -0.3 is 10.2 Å². The average molecular weight is 351 g/mol. The number of rotatable bonds is 6. The van der Waals surface area contributed by atoms with Crippen molar-refractivity contribution in [2.75, 3.05) is 23.3 Å². The molecule has 0 spiro atoms. The van der Waals surface area contributed by atoms with Gasteiger partial charge in [-0.25, -0.2) is 9.97 Å². The van der Waals surface area contributed by atoms with Crippen molar-refractivity contribution in [1.82, 2.24) is 9.97 Å². The van der Waals surface area contributed by atoms with Gasteiger partial charge in [0.1, 0.15) is 11.6 Å². The van der Waals surface area contributed by atoms with Gasteiger partial charge >= 0.3 is 0 Å². The first kappa shape index (κ1) is 17.3. The number of hydrogen-bond acceptors (Lipinski definition) is 6. The van der Waals surface area contributed by atoms with E-state index in [0.29, 0.717) is 17.2 Å². The fourth-order valence-electron chi connectivity index (χ4n) is 2.75. The van der Waals surface area contributed by atoms with Crippen molar-refractivity contribution in [2.24, 2.45) is 0 Å². The molecule has 1 N–H and O–H groups in total. The molecule has 3 rings (SSSR count). The average Bonchev–Trinajstić information content (AvgIpc) is 3.06. The van der Waals surface area contributed by atoms with Crippen LogP contribution in [0.2, 0.25) is 0 Å². The van der Waals surface area contributed by atoms with Crippen molar-refractivity contribution in [3.05, 3.63) is 47.3 Å². The van der Waals surface area contributed by atoms with Gasteiger partial charge in [0.2, 0.25) is 5.95 Å². The second kappa shape index (κ2) is 8.04. The number of allylic oxidation sites excluding steroid dienone is 1. The Kier molecular flexibility index (Phi) is 5.56. The quantitative estimate of drug-likeness (QED) is 0.772. The molecule has 0 fully saturated rings. The third-order valence-corrected chi connectivity index (χ3v) is 4.94. The number of nitriles is 1. The summed E-state index contributed by atoms with van der Waals surface area (Å²) < 4.78 is 0. The molecule has 0 bridgehead atoms. The molecule has 25 heavy (non-hydrogen) atoms. The summed E-state index contributed by atoms with van der Waals surface area (Å²) in [6.45, 7) is 6.11. The first-order chi connectivity index (χ1) is 12.3. The Balaban J connectivity index is 1.94. The van der Waals surface area contributed by atoms with E-state index in [0.717, 1.165) is 41.5 Å². The number of nitrogens with zero attached hydrogens (tertiary/aromatic N) is 4. The second-order valence-corrected chi connectivity index (χ2v) is 6.82. The predicted octanol–water partition coefficient (Wildman–Crippen LogP) is 4.51. The molecule has 1 aliphatic rings. The number of hydrogen-bond donors (Lipinski definition) is 1. The number of aromatic nitrogens is 2. The summed E-state index contributed by atoms with van der Waals surface area (Å²) in [7, 11) is 0. The van der Waals surface area contributed by atoms with Crippen LogP contribution in [0, 0.1) is 11.3 Å². The van der Waals surface area contributed by atoms with Crippen molar-refractivity contribution < 1.29 is 0 Å². The first-order valence-corrected chi connectivity index (χ1v) is 9.35. The van der Waals surface area contributed by atoms with Crippen LogP contribution in [0.15, 0.2) is 46.5 Å². The van der Waals surface area contributed by atoms with Gasteiger partial charge in [-0.15, -0.1) is 0 Å². The van der Waals surface area contributed by atoms with Gasteiger partial charge in [0.15, 0.2) is 0 Å². The number of para-hydroxylation sites is 1. The standard InChI is InChI=1S/C19H21N5S/c1-3-11-24(12-4-2)19-21-10-9-15(23-19)14(13-20)18-22-16-7-5-6-8-17(16)25-18/h5-10,22H,3-4,11-12H2,1-2H3/b18-14+. The van der Waals surface area contributed by atoms with Crippen molar-refractivity contribution in [2.45, 2.75) is 31.6 Å². The smallest absolute Gasteiger partial charge is 0.225 e. The van der Waals surface area contributed by atoms with Gasteiger partial charge in [0, 0.05) is 24.2 Å². The van der Waals surface area contributed by atoms with E-state index in [1.807, 2.05) is 24.3 Å². The lowest BCUT2D eigenvalue weighted by Crippen LogP contribution is -2.27. The number of thioether (sulfide) groups is 1. The molecular formula is C19H21N5S. The SMILES string of the molecule is CCCN(CCC)c1nccc(/C(C#N)=C2\Nc3ccccc3S2)n1. The summed E-state index contributed by atoms with van der Waals surface area (Å²) in [5.74, 6) is 0.690. The summed E-state index contributed by atoms with van der Waals surface area (Å²) in [5.41, 5.74) is 2.24. The molecule has 0 atom stereocenters. The highest BCUT2D eigenvalue weighted by Crippen LogP contribution is 2.43. The minimum atomic E-state index is 0.554. The zero-order chi connectivity index (χ0) is 17.6. The molecule has 6 heteroatoms. The molecule has 0 amide bonds. The van der Waals surface area contributed by atoms with Crippen molar-refractivity contribution >= 4 is 29.0 Å². The molecule has 2 aromatic rings. The van der Waals surface area contributed by atoms with E-state index in [9.17, 15) is 5.26 Å². The number of fused-ring (bicyclic) bond motifs is 1. The van der Waals surface area contributed by atoms with Crippen molar-refractivity contribution in [3.63, 3.8) is 0 Å². The van der Waals surface area contributed by atoms with Gasteiger partial charge in [-0.3, -0.25) is 0 Å². The molecule has 2 heterocycles. The molecule has 0 aliphatic carbocycles. The monoisotopic (exact) mass is 351 g/mol. The van der Waals surface area contributed by atoms with E-state index in [1.54, 1.807) is 24.0 Å². The molecule has 5 nitrogen and oxygen atoms in total. The van der Waals surface area contributed by atoms with Crippen LogP contribution in [0.25, 0.3) is 5.57 Å². The zero-order valence-corrected chi connectivity index (χ0v) is 15.3. The maximum absolute atomic E-state index is 9.72. The minimum absolute atomic E-state index is 0.554. The van der Waals surface area contributed by atoms with Crippen LogP contribution in [0.5, 0.6) is 0 Å². The Bertz CT molecular complexity index is 792. The van der Waals surface area contributed by atoms with Crippen LogP contribution in [0.4, 0.5) is 11.6 Å². The number of nitrogens with one attached hydrogen (secondary N) is 1. The normalized spacial score (nSPS) is 14.4. The maximum atomic E-state index is 9.72. The van der Waals surface area contributed by atoms with Gasteiger partial charge in [0.05, 0.1) is 16.4 Å². The summed E-state index contributed by atoms with van der Waals surface area (Å²) in [6, 6.07) is 12.2. The fourth-order valence-corrected chi connectivity index (χ4v) is 3.76. The second-order valence-electron chi connectivity index (χ2n) is 5.77. The number of benzene rings is 1. The largest absolute Gasteiger partial charge is 0.348 e. The van der Waals surface area contributed by atoms with E-state index >= 15 is 0 Å². The van der Waals surface area contributed by atoms with E-state index in [-0.39, 0.29) is 0 Å². The van der Waals surface area contributed by atoms with Crippen LogP contribution in [-0.4, -0.2) is 23.1 Å². The summed E-state index contributed by atoms with van der Waals surface area (Å²) in [4.78, 5) is 12.4. The minimum Gasteiger partial charge on any atom is -0.348 e. The Labute approximate surface area is 152 Å². The molecular weight excluding hydrogens is 330 g/mol. The highest BCUT2D eigenvalue weighted by molar-refractivity contribution is 8.04. The van der Waals surface area contributed by atoms with E-state index in [2.05, 4.69) is 40.1 Å². The van der Waals surface area contributed by atoms with Gasteiger partial charge in [-0.2, -0.15) is 5.26 Å². The Morgan fingerprint density at radius 2 is 1.96 bits per heavy atom. The van der Waals surface area contributed by atoms with Crippen molar-refractivity contribution in [1.29, 1.82) is 5.26 Å². The third-order valence-electron chi connectivity index (χ3n) is 3.86. The Hall–Kier alpha value is -2.52. The van der Waals surface area contributed by atoms with Crippen LogP contribution in [-0.2, 0) is 0 Å². The van der Waals surface area contributed by atoms with Gasteiger partial charge in [-0.05, 0) is 31.0 Å². The highest BCUT2D eigenvalue weighted by atomic mass is 32.2. The fraction of sp³-hybridized carbons (Fsp3) is 0.316.